The molecule has 0 unspecified atom stereocenters. The molecule has 0 amide bonds. The van der Waals surface area contributed by atoms with Gasteiger partial charge in [-0.3, -0.25) is 0 Å². The van der Waals surface area contributed by atoms with Crippen LogP contribution >= 0.6 is 0 Å². The molecule has 0 atom stereocenters. The fraction of sp³-hybridized carbons (Fsp3) is 1.00. The molecule has 0 aliphatic heterocycles. The van der Waals surface area contributed by atoms with Crippen molar-refractivity contribution in [1.82, 2.24) is 0 Å². The van der Waals surface area contributed by atoms with Gasteiger partial charge in [0, 0.05) is 20.6 Å². The van der Waals surface area contributed by atoms with E-state index in [-0.39, 0.29) is 0 Å². The van der Waals surface area contributed by atoms with Crippen LogP contribution < -0.4 is 0 Å². The number of rotatable bonds is 12. The largest absolute Gasteiger partial charge is 0.460 e. The number of hydrogen-bond donors (Lipinski definition) is 0. The third-order valence-corrected chi connectivity index (χ3v) is 6.17. The second kappa shape index (κ2) is 9.19. The van der Waals surface area contributed by atoms with Crippen LogP contribution in [0.3, 0.4) is 0 Å². The topological polar surface area (TPSA) is 18.5 Å². The summed E-state index contributed by atoms with van der Waals surface area (Å²) in [5.74, 6) is -56.0. The number of hydrogen-bond acceptors (Lipinski definition) is 2. The highest BCUT2D eigenvalue weighted by Crippen LogP contribution is 2.64. The van der Waals surface area contributed by atoms with E-state index in [9.17, 15) is 74.6 Å². The first kappa shape index (κ1) is 31.9. The van der Waals surface area contributed by atoms with Crippen molar-refractivity contribution in [3.63, 3.8) is 0 Å². The minimum atomic E-state index is -8.61. The highest BCUT2D eigenvalue weighted by atomic mass is 28.3. The van der Waals surface area contributed by atoms with Crippen molar-refractivity contribution < 1.29 is 83.5 Å². The molecule has 0 aromatic carbocycles. The molecule has 2 nitrogen and oxygen atoms in total. The van der Waals surface area contributed by atoms with Crippen LogP contribution in [0.1, 0.15) is 12.8 Å². The van der Waals surface area contributed by atoms with Crippen molar-refractivity contribution in [2.24, 2.45) is 0 Å². The molecule has 0 radical (unpaired) electrons. The zero-order valence-corrected chi connectivity index (χ0v) is 17.1. The molecule has 0 bridgehead atoms. The third-order valence-electron chi connectivity index (χ3n) is 4.24. The van der Waals surface area contributed by atoms with Crippen LogP contribution in [0.4, 0.5) is 74.6 Å². The summed E-state index contributed by atoms with van der Waals surface area (Å²) in [6.07, 6.45) is -11.5. The maximum Gasteiger partial charge on any atom is 0.460 e. The highest BCUT2D eigenvalue weighted by Gasteiger charge is 2.95. The van der Waals surface area contributed by atoms with Crippen molar-refractivity contribution in [3.05, 3.63) is 0 Å². The van der Waals surface area contributed by atoms with Gasteiger partial charge >= 0.3 is 56.9 Å². The molecule has 33 heavy (non-hydrogen) atoms. The molecular formula is C13H13F17O2Si. The molecule has 0 saturated heterocycles. The van der Waals surface area contributed by atoms with Gasteiger partial charge in [0.1, 0.15) is 0 Å². The Bertz CT molecular complexity index is 656. The molecule has 0 heterocycles. The molecule has 0 aliphatic carbocycles. The third kappa shape index (κ3) is 4.87. The van der Waals surface area contributed by atoms with Gasteiger partial charge in [0.05, 0.1) is 0 Å². The van der Waals surface area contributed by atoms with E-state index in [4.69, 9.17) is 0 Å². The van der Waals surface area contributed by atoms with Crippen molar-refractivity contribution in [2.75, 3.05) is 14.2 Å². The average molecular weight is 552 g/mol. The lowest BCUT2D eigenvalue weighted by Crippen LogP contribution is -2.74. The van der Waals surface area contributed by atoms with Crippen molar-refractivity contribution in [3.8, 4) is 0 Å². The van der Waals surface area contributed by atoms with Gasteiger partial charge in [-0.15, -0.1) is 0 Å². The van der Waals surface area contributed by atoms with Crippen molar-refractivity contribution >= 4 is 9.28 Å². The zero-order valence-electron chi connectivity index (χ0n) is 15.9. The van der Waals surface area contributed by atoms with E-state index in [1.54, 1.807) is 0 Å². The molecule has 0 rings (SSSR count). The Kier molecular flexibility index (Phi) is 8.90. The minimum Gasteiger partial charge on any atom is -0.400 e. The second-order valence-corrected chi connectivity index (χ2v) is 8.82. The van der Waals surface area contributed by atoms with E-state index in [0.29, 0.717) is 0 Å². The summed E-state index contributed by atoms with van der Waals surface area (Å²) >= 11 is 0. The summed E-state index contributed by atoms with van der Waals surface area (Å²) in [5, 5.41) is 0. The van der Waals surface area contributed by atoms with E-state index in [1.165, 1.54) is 0 Å². The lowest BCUT2D eigenvalue weighted by atomic mass is 9.88. The van der Waals surface area contributed by atoms with Crippen LogP contribution in [0.25, 0.3) is 0 Å². The van der Waals surface area contributed by atoms with Crippen LogP contribution in [-0.4, -0.2) is 71.1 Å². The molecule has 0 spiro atoms. The molecule has 0 aromatic heterocycles. The first-order valence-corrected chi connectivity index (χ1v) is 9.77. The Morgan fingerprint density at radius 1 is 0.485 bits per heavy atom. The van der Waals surface area contributed by atoms with Gasteiger partial charge in [0.15, 0.2) is 0 Å². The first-order chi connectivity index (χ1) is 14.2. The Morgan fingerprint density at radius 3 is 1.09 bits per heavy atom. The van der Waals surface area contributed by atoms with Gasteiger partial charge < -0.3 is 8.85 Å². The van der Waals surface area contributed by atoms with E-state index < -0.39 is 75.8 Å². The Morgan fingerprint density at radius 2 is 0.788 bits per heavy atom. The van der Waals surface area contributed by atoms with E-state index in [1.807, 2.05) is 0 Å². The molecule has 200 valence electrons. The van der Waals surface area contributed by atoms with E-state index in [0.717, 1.165) is 14.2 Å². The van der Waals surface area contributed by atoms with E-state index in [2.05, 4.69) is 8.85 Å². The summed E-state index contributed by atoms with van der Waals surface area (Å²) in [7, 11) is -0.929. The highest BCUT2D eigenvalue weighted by molar-refractivity contribution is 6.44. The summed E-state index contributed by atoms with van der Waals surface area (Å²) in [4.78, 5) is 0. The lowest BCUT2D eigenvalue weighted by molar-refractivity contribution is -0.461. The fourth-order valence-corrected chi connectivity index (χ4v) is 3.38. The normalized spacial score (nSPS) is 16.0. The van der Waals surface area contributed by atoms with Crippen LogP contribution in [0.5, 0.6) is 0 Å². The zero-order chi connectivity index (χ0) is 27.1. The summed E-state index contributed by atoms with van der Waals surface area (Å²) in [5.41, 5.74) is 0. The molecular weight excluding hydrogens is 539 g/mol. The maximum atomic E-state index is 13.6. The lowest BCUT2D eigenvalue weighted by Gasteiger charge is -2.42. The quantitative estimate of drug-likeness (QED) is 0.210. The monoisotopic (exact) mass is 552 g/mol. The van der Waals surface area contributed by atoms with Crippen LogP contribution in [0, 0.1) is 0 Å². The van der Waals surface area contributed by atoms with Crippen molar-refractivity contribution in [2.45, 2.75) is 66.5 Å². The Balaban J connectivity index is 6.31. The van der Waals surface area contributed by atoms with Gasteiger partial charge in [-0.2, -0.15) is 74.6 Å². The van der Waals surface area contributed by atoms with Crippen LogP contribution in [0.15, 0.2) is 0 Å². The molecule has 0 fully saturated rings. The minimum absolute atomic E-state index is 0.660. The molecule has 0 N–H and O–H groups in total. The van der Waals surface area contributed by atoms with Gasteiger partial charge in [-0.05, 0) is 12.5 Å². The molecule has 0 aromatic rings. The van der Waals surface area contributed by atoms with Gasteiger partial charge in [-0.25, -0.2) is 0 Å². The van der Waals surface area contributed by atoms with Gasteiger partial charge in [-0.1, -0.05) is 0 Å². The fourth-order valence-electron chi connectivity index (χ4n) is 2.18. The van der Waals surface area contributed by atoms with Crippen molar-refractivity contribution in [1.29, 1.82) is 0 Å². The smallest absolute Gasteiger partial charge is 0.400 e. The van der Waals surface area contributed by atoms with E-state index >= 15 is 0 Å². The maximum absolute atomic E-state index is 13.6. The Hall–Kier alpha value is -1.05. The SMILES string of the molecule is CO[SiH](CCCC(F)(F)C(F)(F)C(F)(F)C(F)(F)C(F)(F)C(F)(F)C(F)(F)C(F)(F)F)OC. The van der Waals surface area contributed by atoms with Crippen LogP contribution in [-0.2, 0) is 8.85 Å². The first-order valence-electron chi connectivity index (χ1n) is 8.01. The molecule has 0 aliphatic rings. The number of alkyl halides is 17. The average Bonchev–Trinajstić information content (AvgIpc) is 2.63. The van der Waals surface area contributed by atoms with Gasteiger partial charge in [0.2, 0.25) is 0 Å². The standard InChI is InChI=1S/C13H13F17O2Si/c1-31-33(32-2)5-3-4-6(14,15)7(16,17)8(18,19)9(20,21)10(22,23)11(24,25)12(26,27)13(28,29)30/h33H,3-5H2,1-2H3. The predicted molar refractivity (Wildman–Crippen MR) is 75.9 cm³/mol. The summed E-state index contributed by atoms with van der Waals surface area (Å²) in [6.45, 7) is 0. The molecule has 0 saturated carbocycles. The number of halogens is 17. The summed E-state index contributed by atoms with van der Waals surface area (Å²) < 4.78 is 231. The summed E-state index contributed by atoms with van der Waals surface area (Å²) in [6, 6.07) is -0.660. The second-order valence-electron chi connectivity index (χ2n) is 6.44. The predicted octanol–water partition coefficient (Wildman–Crippen LogP) is 6.29. The molecule has 20 heteroatoms. The van der Waals surface area contributed by atoms with Crippen LogP contribution in [0.2, 0.25) is 6.04 Å². The Labute approximate surface area is 174 Å². The van der Waals surface area contributed by atoms with Gasteiger partial charge in [0.25, 0.3) is 0 Å².